The van der Waals surface area contributed by atoms with Crippen LogP contribution in [-0.4, -0.2) is 14.5 Å². The number of thiazole rings is 1. The average molecular weight is 364 g/mol. The lowest BCUT2D eigenvalue weighted by Crippen LogP contribution is -2.32. The summed E-state index contributed by atoms with van der Waals surface area (Å²) in [7, 11) is 0. The Labute approximate surface area is 145 Å². The van der Waals surface area contributed by atoms with Gasteiger partial charge < -0.3 is 11.1 Å². The van der Waals surface area contributed by atoms with Gasteiger partial charge in [-0.05, 0) is 31.2 Å². The number of H-pyrrole nitrogens is 1. The second kappa shape index (κ2) is 6.50. The largest absolute Gasteiger partial charge is 0.384 e. The maximum atomic E-state index is 12.1. The Bertz CT molecular complexity index is 990. The zero-order valence-corrected chi connectivity index (χ0v) is 14.2. The third kappa shape index (κ3) is 3.06. The quantitative estimate of drug-likeness (QED) is 0.660. The van der Waals surface area contributed by atoms with Gasteiger partial charge in [0.25, 0.3) is 5.56 Å². The van der Waals surface area contributed by atoms with Gasteiger partial charge in [0, 0.05) is 22.6 Å². The van der Waals surface area contributed by atoms with Crippen LogP contribution in [0.3, 0.4) is 0 Å². The molecule has 0 aliphatic rings. The SMILES string of the molecule is CCn1c(N)c(-c2csc(Nc3ccc(Cl)cc3)n2)c(=O)[nH]c1=O. The van der Waals surface area contributed by atoms with Gasteiger partial charge in [-0.3, -0.25) is 14.3 Å². The van der Waals surface area contributed by atoms with Gasteiger partial charge in [-0.1, -0.05) is 11.6 Å². The van der Waals surface area contributed by atoms with E-state index < -0.39 is 11.2 Å². The van der Waals surface area contributed by atoms with Gasteiger partial charge in [-0.2, -0.15) is 0 Å². The van der Waals surface area contributed by atoms with Crippen molar-refractivity contribution in [1.82, 2.24) is 14.5 Å². The Morgan fingerprint density at radius 3 is 2.71 bits per heavy atom. The van der Waals surface area contributed by atoms with E-state index in [0.29, 0.717) is 22.4 Å². The highest BCUT2D eigenvalue weighted by atomic mass is 35.5. The number of aromatic nitrogens is 3. The molecule has 0 aliphatic carbocycles. The van der Waals surface area contributed by atoms with Crippen molar-refractivity contribution < 1.29 is 0 Å². The van der Waals surface area contributed by atoms with Gasteiger partial charge in [0.2, 0.25) is 0 Å². The number of anilines is 3. The number of hydrogen-bond acceptors (Lipinski definition) is 6. The van der Waals surface area contributed by atoms with Crippen molar-refractivity contribution in [3.05, 3.63) is 55.5 Å². The molecular formula is C15H14ClN5O2S. The fraction of sp³-hybridized carbons (Fsp3) is 0.133. The minimum Gasteiger partial charge on any atom is -0.384 e. The van der Waals surface area contributed by atoms with Gasteiger partial charge in [0.15, 0.2) is 5.13 Å². The van der Waals surface area contributed by atoms with Crippen molar-refractivity contribution in [2.45, 2.75) is 13.5 Å². The molecule has 24 heavy (non-hydrogen) atoms. The van der Waals surface area contributed by atoms with E-state index >= 15 is 0 Å². The second-order valence-corrected chi connectivity index (χ2v) is 6.23. The molecule has 0 saturated heterocycles. The molecule has 9 heteroatoms. The minimum absolute atomic E-state index is 0.106. The Morgan fingerprint density at radius 1 is 1.33 bits per heavy atom. The molecule has 0 spiro atoms. The molecule has 2 aromatic heterocycles. The van der Waals surface area contributed by atoms with Crippen molar-refractivity contribution in [1.29, 1.82) is 0 Å². The van der Waals surface area contributed by atoms with Crippen LogP contribution >= 0.6 is 22.9 Å². The molecule has 0 fully saturated rings. The maximum absolute atomic E-state index is 12.1. The zero-order valence-electron chi connectivity index (χ0n) is 12.7. The molecule has 0 bridgehead atoms. The number of aromatic amines is 1. The molecule has 0 saturated carbocycles. The first-order chi connectivity index (χ1) is 11.5. The number of nitrogens with zero attached hydrogens (tertiary/aromatic N) is 2. The van der Waals surface area contributed by atoms with Crippen LogP contribution in [0.25, 0.3) is 11.3 Å². The Kier molecular flexibility index (Phi) is 4.41. The van der Waals surface area contributed by atoms with E-state index in [0.717, 1.165) is 5.69 Å². The number of halogens is 1. The van der Waals surface area contributed by atoms with Crippen molar-refractivity contribution in [2.75, 3.05) is 11.1 Å². The highest BCUT2D eigenvalue weighted by molar-refractivity contribution is 7.14. The van der Waals surface area contributed by atoms with Gasteiger partial charge in [-0.15, -0.1) is 11.3 Å². The lowest BCUT2D eigenvalue weighted by atomic mass is 10.2. The summed E-state index contributed by atoms with van der Waals surface area (Å²) >= 11 is 7.18. The molecule has 0 unspecified atom stereocenters. The van der Waals surface area contributed by atoms with E-state index in [9.17, 15) is 9.59 Å². The summed E-state index contributed by atoms with van der Waals surface area (Å²) in [5.74, 6) is 0.106. The van der Waals surface area contributed by atoms with Crippen molar-refractivity contribution in [2.24, 2.45) is 0 Å². The number of nitrogens with two attached hydrogens (primary N) is 1. The minimum atomic E-state index is -0.550. The van der Waals surface area contributed by atoms with E-state index in [-0.39, 0.29) is 11.4 Å². The van der Waals surface area contributed by atoms with Crippen LogP contribution in [0.1, 0.15) is 6.92 Å². The lowest BCUT2D eigenvalue weighted by molar-refractivity contribution is 0.706. The molecule has 0 aliphatic heterocycles. The van der Waals surface area contributed by atoms with E-state index in [1.165, 1.54) is 15.9 Å². The standard InChI is InChI=1S/C15H14ClN5O2S/c1-2-21-12(17)11(13(22)20-15(21)23)10-7-24-14(19-10)18-9-5-3-8(16)4-6-9/h3-7H,2,17H2,1H3,(H,18,19)(H,20,22,23). The van der Waals surface area contributed by atoms with Gasteiger partial charge >= 0.3 is 5.69 Å². The predicted octanol–water partition coefficient (Wildman–Crippen LogP) is 2.66. The molecule has 0 amide bonds. The summed E-state index contributed by atoms with van der Waals surface area (Å²) in [5, 5.41) is 6.08. The zero-order chi connectivity index (χ0) is 17.3. The van der Waals surface area contributed by atoms with Gasteiger partial charge in [-0.25, -0.2) is 9.78 Å². The van der Waals surface area contributed by atoms with E-state index in [1.54, 1.807) is 24.4 Å². The molecular weight excluding hydrogens is 350 g/mol. The third-order valence-electron chi connectivity index (χ3n) is 3.41. The van der Waals surface area contributed by atoms with Gasteiger partial charge in [0.05, 0.1) is 5.69 Å². The van der Waals surface area contributed by atoms with Gasteiger partial charge in [0.1, 0.15) is 11.4 Å². The van der Waals surface area contributed by atoms with Crippen LogP contribution in [0.2, 0.25) is 5.02 Å². The number of hydrogen-bond donors (Lipinski definition) is 3. The summed E-state index contributed by atoms with van der Waals surface area (Å²) in [6.07, 6.45) is 0. The molecule has 7 nitrogen and oxygen atoms in total. The molecule has 0 radical (unpaired) electrons. The highest BCUT2D eigenvalue weighted by Crippen LogP contribution is 2.28. The first-order valence-electron chi connectivity index (χ1n) is 7.10. The summed E-state index contributed by atoms with van der Waals surface area (Å²) in [6.45, 7) is 2.13. The monoisotopic (exact) mass is 363 g/mol. The Hall–Kier alpha value is -2.58. The third-order valence-corrected chi connectivity index (χ3v) is 4.42. The molecule has 124 valence electrons. The molecule has 4 N–H and O–H groups in total. The summed E-state index contributed by atoms with van der Waals surface area (Å²) in [4.78, 5) is 30.5. The van der Waals surface area contributed by atoms with Crippen LogP contribution in [0.4, 0.5) is 16.6 Å². The molecule has 2 heterocycles. The second-order valence-electron chi connectivity index (χ2n) is 4.93. The highest BCUT2D eigenvalue weighted by Gasteiger charge is 2.16. The van der Waals surface area contributed by atoms with Crippen molar-refractivity contribution >= 4 is 39.6 Å². The predicted molar refractivity (Wildman–Crippen MR) is 97.3 cm³/mol. The maximum Gasteiger partial charge on any atom is 0.329 e. The average Bonchev–Trinajstić information content (AvgIpc) is 2.97. The number of nitrogens with one attached hydrogen (secondary N) is 2. The molecule has 0 atom stereocenters. The van der Waals surface area contributed by atoms with Crippen LogP contribution in [-0.2, 0) is 6.54 Å². The summed E-state index contributed by atoms with van der Waals surface area (Å²) in [6, 6.07) is 7.17. The summed E-state index contributed by atoms with van der Waals surface area (Å²) < 4.78 is 1.29. The van der Waals surface area contributed by atoms with Crippen molar-refractivity contribution in [3.8, 4) is 11.3 Å². The topological polar surface area (TPSA) is 106 Å². The van der Waals surface area contributed by atoms with Crippen LogP contribution in [0, 0.1) is 0 Å². The van der Waals surface area contributed by atoms with Crippen LogP contribution in [0.5, 0.6) is 0 Å². The van der Waals surface area contributed by atoms with E-state index in [2.05, 4.69) is 15.3 Å². The van der Waals surface area contributed by atoms with Crippen LogP contribution in [0.15, 0.2) is 39.2 Å². The summed E-state index contributed by atoms with van der Waals surface area (Å²) in [5.41, 5.74) is 6.32. The van der Waals surface area contributed by atoms with Crippen LogP contribution < -0.4 is 22.3 Å². The lowest BCUT2D eigenvalue weighted by Gasteiger charge is -2.08. The first-order valence-corrected chi connectivity index (χ1v) is 8.36. The number of nitrogen functional groups attached to an aromatic ring is 1. The van der Waals surface area contributed by atoms with Crippen molar-refractivity contribution in [3.63, 3.8) is 0 Å². The van der Waals surface area contributed by atoms with E-state index in [4.69, 9.17) is 17.3 Å². The molecule has 3 aromatic rings. The number of benzene rings is 1. The molecule has 1 aromatic carbocycles. The smallest absolute Gasteiger partial charge is 0.329 e. The number of rotatable bonds is 4. The Morgan fingerprint density at radius 2 is 2.04 bits per heavy atom. The van der Waals surface area contributed by atoms with E-state index in [1.807, 2.05) is 12.1 Å². The Balaban J connectivity index is 1.98. The molecule has 3 rings (SSSR count). The normalized spacial score (nSPS) is 10.8. The first kappa shape index (κ1) is 16.3. The fourth-order valence-corrected chi connectivity index (χ4v) is 3.10. The fourth-order valence-electron chi connectivity index (χ4n) is 2.25.